The van der Waals surface area contributed by atoms with Gasteiger partial charge in [-0.25, -0.2) is 13.2 Å². The molecule has 30 heavy (non-hydrogen) atoms. The van der Waals surface area contributed by atoms with Crippen molar-refractivity contribution in [2.24, 2.45) is 10.9 Å². The lowest BCUT2D eigenvalue weighted by Crippen LogP contribution is -2.34. The van der Waals surface area contributed by atoms with Crippen LogP contribution in [0, 0.1) is 23.4 Å². The van der Waals surface area contributed by atoms with Gasteiger partial charge >= 0.3 is 0 Å². The Morgan fingerprint density at radius 3 is 2.33 bits per heavy atom. The number of amides is 1. The molecule has 0 atom stereocenters. The lowest BCUT2D eigenvalue weighted by Gasteiger charge is -2.12. The zero-order valence-corrected chi connectivity index (χ0v) is 16.3. The van der Waals surface area contributed by atoms with E-state index in [0.29, 0.717) is 18.1 Å². The van der Waals surface area contributed by atoms with Crippen LogP contribution in [0.15, 0.2) is 53.5 Å². The van der Waals surface area contributed by atoms with E-state index in [4.69, 9.17) is 0 Å². The van der Waals surface area contributed by atoms with Crippen LogP contribution in [-0.2, 0) is 0 Å². The van der Waals surface area contributed by atoms with E-state index >= 15 is 0 Å². The van der Waals surface area contributed by atoms with Crippen LogP contribution in [0.1, 0.15) is 24.2 Å². The quantitative estimate of drug-likeness (QED) is 0.428. The number of guanidine groups is 1. The summed E-state index contributed by atoms with van der Waals surface area (Å²) in [6.45, 7) is 4.50. The molecule has 0 aliphatic carbocycles. The van der Waals surface area contributed by atoms with Crippen LogP contribution >= 0.6 is 0 Å². The number of halogens is 3. The van der Waals surface area contributed by atoms with E-state index < -0.39 is 23.4 Å². The van der Waals surface area contributed by atoms with E-state index in [1.165, 1.54) is 30.3 Å². The first-order valence-electron chi connectivity index (χ1n) is 9.21. The first kappa shape index (κ1) is 21.1. The summed E-state index contributed by atoms with van der Waals surface area (Å²) in [5, 5.41) is 12.7. The molecule has 0 radical (unpaired) electrons. The number of hydrogen-bond acceptors (Lipinski definition) is 2. The van der Waals surface area contributed by atoms with E-state index in [2.05, 4.69) is 25.8 Å². The van der Waals surface area contributed by atoms with Crippen molar-refractivity contribution in [1.82, 2.24) is 15.5 Å². The molecule has 3 N–H and O–H groups in total. The van der Waals surface area contributed by atoms with Gasteiger partial charge < -0.3 is 10.6 Å². The predicted octanol–water partition coefficient (Wildman–Crippen LogP) is 4.35. The minimum atomic E-state index is -0.715. The highest BCUT2D eigenvalue weighted by Gasteiger charge is 2.11. The van der Waals surface area contributed by atoms with Gasteiger partial charge in [0, 0.05) is 29.8 Å². The normalized spacial score (nSPS) is 11.6. The maximum atomic E-state index is 13.5. The predicted molar refractivity (Wildman–Crippen MR) is 109 cm³/mol. The number of aromatic nitrogens is 2. The molecule has 2 aromatic carbocycles. The summed E-state index contributed by atoms with van der Waals surface area (Å²) in [5.41, 5.74) is 0.791. The number of aliphatic imine (C=N–C) groups is 1. The molecule has 6 nitrogen and oxygen atoms in total. The van der Waals surface area contributed by atoms with Crippen molar-refractivity contribution in [2.45, 2.75) is 13.8 Å². The number of aromatic amines is 1. The molecule has 0 aliphatic rings. The van der Waals surface area contributed by atoms with Gasteiger partial charge in [-0.1, -0.05) is 13.8 Å². The number of hydrogen-bond donors (Lipinski definition) is 3. The van der Waals surface area contributed by atoms with Crippen molar-refractivity contribution in [3.63, 3.8) is 0 Å². The Balaban J connectivity index is 1.82. The summed E-state index contributed by atoms with van der Waals surface area (Å²) in [4.78, 5) is 16.4. The van der Waals surface area contributed by atoms with Crippen molar-refractivity contribution in [3.05, 3.63) is 71.5 Å². The van der Waals surface area contributed by atoms with Crippen LogP contribution in [-0.4, -0.2) is 28.6 Å². The number of anilines is 1. The summed E-state index contributed by atoms with van der Waals surface area (Å²) in [7, 11) is 0. The fourth-order valence-corrected chi connectivity index (χ4v) is 2.53. The smallest absolute Gasteiger partial charge is 0.280 e. The molecular formula is C21H20F3N5O. The number of nitrogens with zero attached hydrogens (tertiary/aromatic N) is 2. The van der Waals surface area contributed by atoms with Crippen LogP contribution in [0.25, 0.3) is 11.3 Å². The minimum absolute atomic E-state index is 0.152. The van der Waals surface area contributed by atoms with Gasteiger partial charge in [0.1, 0.15) is 23.3 Å². The Bertz CT molecular complexity index is 1040. The Kier molecular flexibility index (Phi) is 6.51. The molecule has 0 spiro atoms. The highest BCUT2D eigenvalue weighted by atomic mass is 19.1. The van der Waals surface area contributed by atoms with Gasteiger partial charge in [0.15, 0.2) is 0 Å². The summed E-state index contributed by atoms with van der Waals surface area (Å²) >= 11 is 0. The van der Waals surface area contributed by atoms with E-state index in [0.717, 1.165) is 18.2 Å². The lowest BCUT2D eigenvalue weighted by molar-refractivity contribution is 0.100. The van der Waals surface area contributed by atoms with Crippen LogP contribution < -0.4 is 10.6 Å². The standard InChI is InChI=1S/C21H20F3N5O/c1-12(2)11-25-21(27-20(30)13-3-5-15(22)6-4-13)26-19-10-18(28-29-19)14-7-16(23)9-17(24)8-14/h3-10,12H,11H2,1-2H3,(H3,25,26,27,28,29,30). The third-order valence-electron chi connectivity index (χ3n) is 3.97. The molecule has 0 saturated heterocycles. The van der Waals surface area contributed by atoms with E-state index in [1.807, 2.05) is 13.8 Å². The number of H-pyrrole nitrogens is 1. The second kappa shape index (κ2) is 9.25. The van der Waals surface area contributed by atoms with Gasteiger partial charge in [0.2, 0.25) is 5.96 Å². The highest BCUT2D eigenvalue weighted by molar-refractivity contribution is 6.06. The van der Waals surface area contributed by atoms with Crippen molar-refractivity contribution < 1.29 is 18.0 Å². The van der Waals surface area contributed by atoms with Gasteiger partial charge in [-0.05, 0) is 42.3 Å². The number of rotatable bonds is 5. The van der Waals surface area contributed by atoms with Gasteiger partial charge in [-0.2, -0.15) is 10.1 Å². The molecular weight excluding hydrogens is 395 g/mol. The monoisotopic (exact) mass is 415 g/mol. The molecule has 1 amide bonds. The number of nitrogens with one attached hydrogen (secondary N) is 3. The van der Waals surface area contributed by atoms with Crippen molar-refractivity contribution in [2.75, 3.05) is 11.9 Å². The fraction of sp³-hybridized carbons (Fsp3) is 0.190. The van der Waals surface area contributed by atoms with E-state index in [-0.39, 0.29) is 23.0 Å². The summed E-state index contributed by atoms with van der Waals surface area (Å²) in [6.07, 6.45) is 0. The summed E-state index contributed by atoms with van der Waals surface area (Å²) in [6, 6.07) is 9.66. The zero-order valence-electron chi connectivity index (χ0n) is 16.3. The number of carbonyl (C=O) groups is 1. The average molecular weight is 415 g/mol. The summed E-state index contributed by atoms with van der Waals surface area (Å²) < 4.78 is 40.0. The van der Waals surface area contributed by atoms with Gasteiger partial charge in [-0.15, -0.1) is 0 Å². The van der Waals surface area contributed by atoms with Gasteiger partial charge in [-0.3, -0.25) is 9.89 Å². The van der Waals surface area contributed by atoms with Crippen molar-refractivity contribution in [3.8, 4) is 11.3 Å². The fourth-order valence-electron chi connectivity index (χ4n) is 2.53. The van der Waals surface area contributed by atoms with E-state index in [9.17, 15) is 18.0 Å². The van der Waals surface area contributed by atoms with Crippen molar-refractivity contribution >= 4 is 17.7 Å². The topological polar surface area (TPSA) is 82.2 Å². The average Bonchev–Trinajstić information content (AvgIpc) is 3.14. The third kappa shape index (κ3) is 5.69. The largest absolute Gasteiger partial charge is 0.355 e. The molecule has 1 aromatic heterocycles. The zero-order chi connectivity index (χ0) is 21.7. The number of carbonyl (C=O) groups excluding carboxylic acids is 1. The molecule has 3 rings (SSSR count). The Morgan fingerprint density at radius 2 is 1.70 bits per heavy atom. The Morgan fingerprint density at radius 1 is 1.03 bits per heavy atom. The SMILES string of the molecule is CC(C)CN/C(=N/C(=O)c1ccc(F)cc1)Nc1cc(-c2cc(F)cc(F)c2)n[nH]1. The maximum absolute atomic E-state index is 13.5. The van der Waals surface area contributed by atoms with Crippen molar-refractivity contribution in [1.29, 1.82) is 0 Å². The molecule has 3 aromatic rings. The second-order valence-corrected chi connectivity index (χ2v) is 7.00. The Labute approximate surface area is 171 Å². The van der Waals surface area contributed by atoms with E-state index in [1.54, 1.807) is 0 Å². The first-order valence-corrected chi connectivity index (χ1v) is 9.21. The minimum Gasteiger partial charge on any atom is -0.355 e. The molecule has 9 heteroatoms. The maximum Gasteiger partial charge on any atom is 0.280 e. The van der Waals surface area contributed by atoms with Crippen LogP contribution in [0.2, 0.25) is 0 Å². The lowest BCUT2D eigenvalue weighted by atomic mass is 10.1. The van der Waals surface area contributed by atoms with Gasteiger partial charge in [0.05, 0.1) is 5.69 Å². The number of benzene rings is 2. The summed E-state index contributed by atoms with van der Waals surface area (Å²) in [5.74, 6) is -1.67. The van der Waals surface area contributed by atoms with Crippen LogP contribution in [0.4, 0.5) is 19.0 Å². The Hall–Kier alpha value is -3.62. The molecule has 0 bridgehead atoms. The molecule has 0 fully saturated rings. The van der Waals surface area contributed by atoms with Crippen LogP contribution in [0.3, 0.4) is 0 Å². The highest BCUT2D eigenvalue weighted by Crippen LogP contribution is 2.22. The molecule has 0 unspecified atom stereocenters. The molecule has 0 saturated carbocycles. The van der Waals surface area contributed by atoms with Gasteiger partial charge in [0.25, 0.3) is 5.91 Å². The second-order valence-electron chi connectivity index (χ2n) is 7.00. The molecule has 1 heterocycles. The molecule has 0 aliphatic heterocycles. The third-order valence-corrected chi connectivity index (χ3v) is 3.97. The van der Waals surface area contributed by atoms with Crippen LogP contribution in [0.5, 0.6) is 0 Å². The first-order chi connectivity index (χ1) is 14.3. The molecule has 156 valence electrons.